The van der Waals surface area contributed by atoms with Crippen molar-refractivity contribution in [2.45, 2.75) is 11.9 Å². The molecule has 0 aliphatic carbocycles. The van der Waals surface area contributed by atoms with Gasteiger partial charge in [-0.25, -0.2) is 4.98 Å². The van der Waals surface area contributed by atoms with Gasteiger partial charge in [0.2, 0.25) is 5.91 Å². The topological polar surface area (TPSA) is 72.2 Å². The number of rotatable bonds is 5. The Labute approximate surface area is 193 Å². The quantitative estimate of drug-likeness (QED) is 0.344. The van der Waals surface area contributed by atoms with Crippen molar-refractivity contribution in [2.24, 2.45) is 0 Å². The lowest BCUT2D eigenvalue weighted by atomic mass is 10.1. The van der Waals surface area contributed by atoms with E-state index in [1.165, 1.54) is 17.3 Å². The van der Waals surface area contributed by atoms with Crippen LogP contribution in [0.1, 0.15) is 5.56 Å². The molecule has 0 bridgehead atoms. The van der Waals surface area contributed by atoms with Crippen LogP contribution in [0.3, 0.4) is 0 Å². The van der Waals surface area contributed by atoms with Crippen LogP contribution >= 0.6 is 23.4 Å². The van der Waals surface area contributed by atoms with E-state index in [9.17, 15) is 4.79 Å². The summed E-state index contributed by atoms with van der Waals surface area (Å²) in [5, 5.41) is 13.0. The van der Waals surface area contributed by atoms with Gasteiger partial charge in [0.1, 0.15) is 5.03 Å². The summed E-state index contributed by atoms with van der Waals surface area (Å²) in [7, 11) is 0. The lowest BCUT2D eigenvalue weighted by molar-refractivity contribution is -0.113. The van der Waals surface area contributed by atoms with Gasteiger partial charge in [0, 0.05) is 16.3 Å². The van der Waals surface area contributed by atoms with Gasteiger partial charge in [-0.05, 0) is 37.3 Å². The number of amides is 1. The predicted molar refractivity (Wildman–Crippen MR) is 129 cm³/mol. The van der Waals surface area contributed by atoms with Crippen molar-refractivity contribution in [3.63, 3.8) is 0 Å². The van der Waals surface area contributed by atoms with Crippen molar-refractivity contribution in [2.75, 3.05) is 11.1 Å². The molecule has 0 unspecified atom stereocenters. The Morgan fingerprint density at radius 3 is 2.66 bits per heavy atom. The number of aromatic nitrogens is 4. The van der Waals surface area contributed by atoms with Gasteiger partial charge in [0.05, 0.1) is 16.8 Å². The number of halogens is 1. The largest absolute Gasteiger partial charge is 0.325 e. The number of hydrogen-bond donors (Lipinski definition) is 1. The molecule has 0 spiro atoms. The Kier molecular flexibility index (Phi) is 5.51. The summed E-state index contributed by atoms with van der Waals surface area (Å²) in [6.45, 7) is 2.05. The van der Waals surface area contributed by atoms with Crippen molar-refractivity contribution < 1.29 is 4.79 Å². The smallest absolute Gasteiger partial charge is 0.234 e. The second-order valence-electron chi connectivity index (χ2n) is 7.30. The second kappa shape index (κ2) is 8.61. The Hall–Kier alpha value is -3.42. The number of nitrogens with zero attached hydrogens (tertiary/aromatic N) is 4. The number of fused-ring (bicyclic) bond motifs is 3. The van der Waals surface area contributed by atoms with Crippen molar-refractivity contribution in [1.82, 2.24) is 19.6 Å². The summed E-state index contributed by atoms with van der Waals surface area (Å²) in [5.74, 6) is 0.771. The monoisotopic (exact) mass is 459 g/mol. The van der Waals surface area contributed by atoms with E-state index in [2.05, 4.69) is 27.6 Å². The molecule has 1 amide bonds. The molecule has 32 heavy (non-hydrogen) atoms. The molecule has 1 N–H and O–H groups in total. The highest BCUT2D eigenvalue weighted by molar-refractivity contribution is 8.00. The minimum atomic E-state index is -0.149. The van der Waals surface area contributed by atoms with Crippen LogP contribution in [0.25, 0.3) is 28.1 Å². The summed E-state index contributed by atoms with van der Waals surface area (Å²) in [5.41, 5.74) is 5.15. The van der Waals surface area contributed by atoms with E-state index < -0.39 is 0 Å². The van der Waals surface area contributed by atoms with Gasteiger partial charge in [0.25, 0.3) is 0 Å². The van der Waals surface area contributed by atoms with Gasteiger partial charge in [0.15, 0.2) is 11.5 Å². The molecule has 0 atom stereocenters. The molecule has 8 heteroatoms. The highest BCUT2D eigenvalue weighted by Crippen LogP contribution is 2.29. The highest BCUT2D eigenvalue weighted by Gasteiger charge is 2.17. The first kappa shape index (κ1) is 20.5. The van der Waals surface area contributed by atoms with Gasteiger partial charge in [-0.3, -0.25) is 9.20 Å². The van der Waals surface area contributed by atoms with Crippen molar-refractivity contribution in [3.8, 4) is 11.4 Å². The van der Waals surface area contributed by atoms with Gasteiger partial charge in [-0.15, -0.1) is 10.2 Å². The molecule has 0 saturated heterocycles. The lowest BCUT2D eigenvalue weighted by Crippen LogP contribution is -2.14. The summed E-state index contributed by atoms with van der Waals surface area (Å²) in [6.07, 6.45) is 0. The molecule has 0 radical (unpaired) electrons. The average molecular weight is 460 g/mol. The minimum absolute atomic E-state index is 0.149. The third-order valence-electron chi connectivity index (χ3n) is 4.96. The summed E-state index contributed by atoms with van der Waals surface area (Å²) in [4.78, 5) is 17.3. The molecule has 0 aliphatic rings. The first-order valence-electron chi connectivity index (χ1n) is 9.97. The number of hydrogen-bond acceptors (Lipinski definition) is 5. The molecular weight excluding hydrogens is 442 g/mol. The van der Waals surface area contributed by atoms with Crippen LogP contribution < -0.4 is 5.32 Å². The SMILES string of the molecule is Cc1ccc(-c2nnc3c(SCC(=O)Nc4cccc(Cl)c4)nc4ccccc4n23)cc1. The normalized spacial score (nSPS) is 11.2. The number of aryl methyl sites for hydroxylation is 1. The maximum absolute atomic E-state index is 12.5. The first-order valence-corrected chi connectivity index (χ1v) is 11.3. The lowest BCUT2D eigenvalue weighted by Gasteiger charge is -2.09. The van der Waals surface area contributed by atoms with Crippen LogP contribution in [0, 0.1) is 6.92 Å². The fourth-order valence-electron chi connectivity index (χ4n) is 3.44. The van der Waals surface area contributed by atoms with Crippen molar-refractivity contribution in [3.05, 3.63) is 83.4 Å². The predicted octanol–water partition coefficient (Wildman–Crippen LogP) is 5.64. The van der Waals surface area contributed by atoms with Gasteiger partial charge < -0.3 is 5.32 Å². The number of anilines is 1. The zero-order valence-electron chi connectivity index (χ0n) is 17.1. The zero-order chi connectivity index (χ0) is 22.1. The Morgan fingerprint density at radius 2 is 1.84 bits per heavy atom. The van der Waals surface area contributed by atoms with Crippen LogP contribution in [-0.4, -0.2) is 31.2 Å². The standard InChI is InChI=1S/C24H18ClN5OS/c1-15-9-11-16(12-10-15)22-28-29-23-24(27-19-7-2-3-8-20(19)30(22)23)32-14-21(31)26-18-6-4-5-17(25)13-18/h2-13H,14H2,1H3,(H,26,31). The molecule has 2 heterocycles. The average Bonchev–Trinajstić information content (AvgIpc) is 3.24. The van der Waals surface area contributed by atoms with Crippen LogP contribution in [0.15, 0.2) is 77.8 Å². The molecule has 2 aromatic heterocycles. The van der Waals surface area contributed by atoms with Crippen LogP contribution in [0.2, 0.25) is 5.02 Å². The van der Waals surface area contributed by atoms with E-state index >= 15 is 0 Å². The molecule has 3 aromatic carbocycles. The summed E-state index contributed by atoms with van der Waals surface area (Å²) >= 11 is 7.33. The number of carbonyl (C=O) groups excluding carboxylic acids is 1. The van der Waals surface area contributed by atoms with E-state index in [1.54, 1.807) is 24.3 Å². The van der Waals surface area contributed by atoms with E-state index in [1.807, 2.05) is 47.7 Å². The fraction of sp³-hybridized carbons (Fsp3) is 0.0833. The Morgan fingerprint density at radius 1 is 1.03 bits per heavy atom. The maximum Gasteiger partial charge on any atom is 0.234 e. The zero-order valence-corrected chi connectivity index (χ0v) is 18.7. The highest BCUT2D eigenvalue weighted by atomic mass is 35.5. The number of nitrogens with one attached hydrogen (secondary N) is 1. The Bertz CT molecular complexity index is 1450. The van der Waals surface area contributed by atoms with E-state index in [-0.39, 0.29) is 11.7 Å². The van der Waals surface area contributed by atoms with Crippen LogP contribution in [0.4, 0.5) is 5.69 Å². The van der Waals surface area contributed by atoms with Gasteiger partial charge >= 0.3 is 0 Å². The number of benzene rings is 3. The van der Waals surface area contributed by atoms with Crippen molar-refractivity contribution in [1.29, 1.82) is 0 Å². The third kappa shape index (κ3) is 4.04. The summed E-state index contributed by atoms with van der Waals surface area (Å²) in [6, 6.07) is 23.1. The molecular formula is C24H18ClN5OS. The summed E-state index contributed by atoms with van der Waals surface area (Å²) < 4.78 is 2.00. The van der Waals surface area contributed by atoms with E-state index in [0.717, 1.165) is 22.4 Å². The van der Waals surface area contributed by atoms with E-state index in [4.69, 9.17) is 16.6 Å². The van der Waals surface area contributed by atoms with Gasteiger partial charge in [-0.2, -0.15) is 0 Å². The fourth-order valence-corrected chi connectivity index (χ4v) is 4.40. The molecule has 5 rings (SSSR count). The molecule has 0 fully saturated rings. The molecule has 0 aliphatic heterocycles. The molecule has 6 nitrogen and oxygen atoms in total. The van der Waals surface area contributed by atoms with E-state index in [0.29, 0.717) is 21.4 Å². The minimum Gasteiger partial charge on any atom is -0.325 e. The molecule has 158 valence electrons. The Balaban J connectivity index is 1.50. The third-order valence-corrected chi connectivity index (χ3v) is 6.15. The second-order valence-corrected chi connectivity index (χ2v) is 8.70. The number of thioether (sulfide) groups is 1. The van der Waals surface area contributed by atoms with Crippen LogP contribution in [0.5, 0.6) is 0 Å². The molecule has 5 aromatic rings. The maximum atomic E-state index is 12.5. The van der Waals surface area contributed by atoms with Crippen LogP contribution in [-0.2, 0) is 4.79 Å². The molecule has 0 saturated carbocycles. The first-order chi connectivity index (χ1) is 15.6. The van der Waals surface area contributed by atoms with Gasteiger partial charge in [-0.1, -0.05) is 71.4 Å². The number of para-hydroxylation sites is 2. The number of carbonyl (C=O) groups is 1. The van der Waals surface area contributed by atoms with Crippen molar-refractivity contribution >= 4 is 51.6 Å².